The van der Waals surface area contributed by atoms with Gasteiger partial charge < -0.3 is 47.7 Å². The maximum atomic E-state index is 5.52. The first-order chi connectivity index (χ1) is 54.6. The maximum absolute atomic E-state index is 5.52. The van der Waals surface area contributed by atoms with Crippen molar-refractivity contribution in [2.45, 2.75) is 454 Å². The minimum absolute atomic E-state index is 0. The van der Waals surface area contributed by atoms with E-state index < -0.39 is 0 Å². The van der Waals surface area contributed by atoms with E-state index in [0.29, 0.717) is 82.6 Å². The van der Waals surface area contributed by atoms with Crippen molar-refractivity contribution < 1.29 is 37.9 Å². The Balaban J connectivity index is -0.000000407. The number of nitrogens with zero attached hydrogens (tertiary/aromatic N) is 3. The van der Waals surface area contributed by atoms with Crippen LogP contribution in [-0.2, 0) is 37.9 Å². The van der Waals surface area contributed by atoms with Gasteiger partial charge in [-0.05, 0) is 266 Å². The summed E-state index contributed by atoms with van der Waals surface area (Å²) in [5.74, 6) is 7.50. The Morgan fingerprint density at radius 3 is 0.943 bits per heavy atom. The van der Waals surface area contributed by atoms with Gasteiger partial charge in [-0.1, -0.05) is 332 Å². The molecule has 6 saturated heterocycles. The third-order valence-corrected chi connectivity index (χ3v) is 27.1. The summed E-state index contributed by atoms with van der Waals surface area (Å²) in [5.41, 5.74) is 7.06. The molecule has 0 amide bonds. The lowest BCUT2D eigenvalue weighted by Gasteiger charge is -2.37. The predicted molar refractivity (Wildman–Crippen MR) is 550 cm³/mol. The molecule has 0 spiro atoms. The quantitative estimate of drug-likeness (QED) is 0.270. The van der Waals surface area contributed by atoms with Crippen molar-refractivity contribution in [3.63, 3.8) is 0 Å². The normalized spacial score (nSPS) is 23.4. The smallest absolute Gasteiger partial charge is 0.0857 e. The lowest BCUT2D eigenvalue weighted by atomic mass is 9.69. The molecule has 0 bridgehead atoms. The van der Waals surface area contributed by atoms with E-state index in [4.69, 9.17) is 37.9 Å². The summed E-state index contributed by atoms with van der Waals surface area (Å²) in [4.78, 5) is 7.15. The number of likely N-dealkylation sites (tertiary alicyclic amines) is 1. The van der Waals surface area contributed by atoms with Crippen LogP contribution >= 0.6 is 0 Å². The predicted octanol–water partition coefficient (Wildman–Crippen LogP) is 31.8. The van der Waals surface area contributed by atoms with E-state index in [1.807, 2.05) is 0 Å². The Bertz CT molecular complexity index is 2350. The molecule has 748 valence electrons. The fraction of sp³-hybridized carbons (Fsp3) is 1.00. The number of rotatable bonds is 4. The minimum atomic E-state index is 0. The van der Waals surface area contributed by atoms with Gasteiger partial charge in [0.25, 0.3) is 0 Å². The van der Waals surface area contributed by atoms with Crippen molar-refractivity contribution in [3.05, 3.63) is 0 Å². The molecule has 10 rings (SSSR count). The Morgan fingerprint density at radius 2 is 0.764 bits per heavy atom. The first-order valence-corrected chi connectivity index (χ1v) is 50.2. The molecule has 0 radical (unpaired) electrons. The van der Waals surface area contributed by atoms with Crippen molar-refractivity contribution in [1.29, 1.82) is 0 Å². The molecule has 11 nitrogen and oxygen atoms in total. The summed E-state index contributed by atoms with van der Waals surface area (Å²) in [6.07, 6.45) is 23.3. The van der Waals surface area contributed by atoms with Crippen LogP contribution in [0.25, 0.3) is 0 Å². The second-order valence-corrected chi connectivity index (χ2v) is 55.3. The molecule has 4 aliphatic carbocycles. The standard InChI is InChI=1S/C11H23N.C9H19NO.C9H18O.C8H16O2.2C8H16O.3C8H16.C7H17N.C7H16O.C7H14.C7H16.C6H14O.CH4/c1-11(2,3)10-6-5-8-12(4)9-7-10;1-9(2,3)8-10-4-6-11-7-5-10;1-9(2,3)8-4-6-10-7-5-8;1-8(2,3)7-6-9-4-5-10-7;1-8(2,3)7-4-5-9-6-7;1-8(2,3)7-5-4-6-9-7;1-7(2,3)8(4)5-6-8;1-6-5-7(6)8(2,3)4;1-8(2,3)7-5-4-6-7;1-7(2,3)6-8(4)5;1-6(8-5)7(2,3)4;1-7(2,3)6-4-5-6;1-6(2)7(3,4)5;1-6(2,3)5-7-4;/h10H,5-9H2,1-4H3;4-8H2,1-3H3;8H,4-7H2,1-3H3;7H,4-6H2,1-3H3;2*7H,4-6H2,1-3H3;5-6H2,1-4H3;6-7H,5H2,1-4H3;7H,4-6H2,1-3H3;6H2,1-5H3;6H,1-5H3;6H,4-5H2,1-3H3;6H,1-5H3;5H2,1-4H3;1H4. The average molecular weight is 1750 g/mol. The third kappa shape index (κ3) is 73.7. The summed E-state index contributed by atoms with van der Waals surface area (Å²) in [5, 5.41) is 0. The van der Waals surface area contributed by atoms with Crippen LogP contribution in [0, 0.1) is 129 Å². The van der Waals surface area contributed by atoms with E-state index in [9.17, 15) is 0 Å². The van der Waals surface area contributed by atoms with E-state index in [2.05, 4.69) is 361 Å². The second kappa shape index (κ2) is 59.3. The number of hydrogen-bond acceptors (Lipinski definition) is 11. The van der Waals surface area contributed by atoms with Crippen LogP contribution < -0.4 is 0 Å². The van der Waals surface area contributed by atoms with Crippen molar-refractivity contribution in [2.24, 2.45) is 129 Å². The molecule has 0 N–H and O–H groups in total. The molecular formula is C112H237N3O8. The zero-order chi connectivity index (χ0) is 96.6. The minimum Gasteiger partial charge on any atom is -0.384 e. The number of methoxy groups -OCH3 is 2. The molecule has 4 saturated carbocycles. The van der Waals surface area contributed by atoms with Gasteiger partial charge in [0, 0.05) is 73.4 Å². The van der Waals surface area contributed by atoms with Gasteiger partial charge in [-0.25, -0.2) is 0 Å². The first kappa shape index (κ1) is 131. The van der Waals surface area contributed by atoms with E-state index >= 15 is 0 Å². The summed E-state index contributed by atoms with van der Waals surface area (Å²) < 4.78 is 42.2. The monoisotopic (exact) mass is 1750 g/mol. The van der Waals surface area contributed by atoms with Gasteiger partial charge in [0.1, 0.15) is 0 Å². The van der Waals surface area contributed by atoms with Gasteiger partial charge in [0.05, 0.1) is 58.0 Å². The molecule has 10 fully saturated rings. The third-order valence-electron chi connectivity index (χ3n) is 27.1. The van der Waals surface area contributed by atoms with Crippen LogP contribution in [0.15, 0.2) is 0 Å². The van der Waals surface area contributed by atoms with Crippen LogP contribution in [0.5, 0.6) is 0 Å². The molecule has 6 heterocycles. The largest absolute Gasteiger partial charge is 0.384 e. The highest BCUT2D eigenvalue weighted by atomic mass is 16.6. The molecule has 123 heavy (non-hydrogen) atoms. The topological polar surface area (TPSA) is 83.6 Å². The van der Waals surface area contributed by atoms with Crippen molar-refractivity contribution in [2.75, 3.05) is 147 Å². The summed E-state index contributed by atoms with van der Waals surface area (Å²) in [7, 11) is 9.92. The van der Waals surface area contributed by atoms with Gasteiger partial charge in [0.2, 0.25) is 0 Å². The van der Waals surface area contributed by atoms with E-state index in [0.717, 1.165) is 140 Å². The zero-order valence-electron chi connectivity index (χ0n) is 93.8. The second-order valence-electron chi connectivity index (χ2n) is 55.3. The van der Waals surface area contributed by atoms with Crippen molar-refractivity contribution >= 4 is 0 Å². The SMILES string of the molecule is C.CC(C)(C)C1(C)CC1.CC(C)(C)C1CC1.CC(C)(C)C1CCC1.CC(C)(C)C1CCCO1.CC(C)(C)C1CCOC1.CC(C)(C)C1CCOCC1.CC(C)(C)C1COCCO1.CC(C)(C)CN1CCOCC1.CC(C)C(C)(C)C.CC1CC1C(C)(C)C.CN(C)CC(C)(C)C.CN1CCCC(C(C)(C)C)CC1.COC(C)C(C)(C)C.COCC(C)(C)C. The van der Waals surface area contributed by atoms with E-state index in [1.165, 1.54) is 122 Å². The van der Waals surface area contributed by atoms with Crippen LogP contribution in [0.4, 0.5) is 0 Å². The molecular weight excluding hydrogens is 1520 g/mol. The molecule has 7 unspecified atom stereocenters. The summed E-state index contributed by atoms with van der Waals surface area (Å²) >= 11 is 0. The molecule has 0 aromatic rings. The molecule has 7 atom stereocenters. The van der Waals surface area contributed by atoms with E-state index in [-0.39, 0.29) is 24.4 Å². The highest BCUT2D eigenvalue weighted by Crippen LogP contribution is 2.58. The van der Waals surface area contributed by atoms with Crippen molar-refractivity contribution in [3.8, 4) is 0 Å². The number of ether oxygens (including phenoxy) is 8. The van der Waals surface area contributed by atoms with E-state index in [1.54, 1.807) is 14.2 Å². The van der Waals surface area contributed by atoms with Crippen molar-refractivity contribution in [1.82, 2.24) is 14.7 Å². The molecule has 6 aliphatic heterocycles. The fourth-order valence-electron chi connectivity index (χ4n) is 15.0. The van der Waals surface area contributed by atoms with Crippen LogP contribution in [0.2, 0.25) is 0 Å². The van der Waals surface area contributed by atoms with Crippen LogP contribution in [0.3, 0.4) is 0 Å². The number of hydrogen-bond donors (Lipinski definition) is 0. The first-order valence-electron chi connectivity index (χ1n) is 50.2. The molecule has 0 aromatic carbocycles. The lowest BCUT2D eigenvalue weighted by Crippen LogP contribution is -2.41. The zero-order valence-corrected chi connectivity index (χ0v) is 93.8. The van der Waals surface area contributed by atoms with Gasteiger partial charge >= 0.3 is 0 Å². The van der Waals surface area contributed by atoms with Gasteiger partial charge in [-0.3, -0.25) is 4.90 Å². The maximum Gasteiger partial charge on any atom is 0.0857 e. The fourth-order valence-corrected chi connectivity index (χ4v) is 15.0. The number of morpholine rings is 1. The van der Waals surface area contributed by atoms with Crippen LogP contribution in [-0.4, -0.2) is 180 Å². The Labute approximate surface area is 777 Å². The summed E-state index contributed by atoms with van der Waals surface area (Å²) in [6, 6.07) is 0. The highest BCUT2D eigenvalue weighted by molar-refractivity contribution is 4.98. The van der Waals surface area contributed by atoms with Gasteiger partial charge in [0.15, 0.2) is 0 Å². The average Bonchev–Trinajstić information content (AvgIpc) is 1.17. The van der Waals surface area contributed by atoms with Gasteiger partial charge in [-0.2, -0.15) is 0 Å². The summed E-state index contributed by atoms with van der Waals surface area (Å²) in [6.45, 7) is 124. The van der Waals surface area contributed by atoms with Crippen LogP contribution in [0.1, 0.15) is 436 Å². The molecule has 0 aromatic heterocycles. The molecule has 11 heteroatoms. The van der Waals surface area contributed by atoms with Gasteiger partial charge in [-0.15, -0.1) is 0 Å². The Kier molecular flexibility index (Phi) is 63.2. The molecule has 10 aliphatic rings. The lowest BCUT2D eigenvalue weighted by molar-refractivity contribution is -0.128. The highest BCUT2D eigenvalue weighted by Gasteiger charge is 2.47. The Hall–Kier alpha value is -0.440. The Morgan fingerprint density at radius 1 is 0.382 bits per heavy atom.